The third-order valence-corrected chi connectivity index (χ3v) is 4.68. The largest absolute Gasteiger partial charge is 0.378 e. The lowest BCUT2D eigenvalue weighted by atomic mass is 9.77. The third kappa shape index (κ3) is 4.26. The van der Waals surface area contributed by atoms with Gasteiger partial charge in [0.05, 0.1) is 6.10 Å². The summed E-state index contributed by atoms with van der Waals surface area (Å²) in [5.41, 5.74) is 6.37. The Morgan fingerprint density at radius 3 is 2.76 bits per heavy atom. The van der Waals surface area contributed by atoms with Crippen molar-refractivity contribution in [2.24, 2.45) is 17.6 Å². The Morgan fingerprint density at radius 2 is 2.06 bits per heavy atom. The molecule has 0 bridgehead atoms. The zero-order chi connectivity index (χ0) is 12.1. The molecule has 1 aliphatic heterocycles. The van der Waals surface area contributed by atoms with E-state index in [1.54, 1.807) is 0 Å². The van der Waals surface area contributed by atoms with E-state index >= 15 is 0 Å². The van der Waals surface area contributed by atoms with Crippen molar-refractivity contribution >= 4 is 0 Å². The summed E-state index contributed by atoms with van der Waals surface area (Å²) in [7, 11) is 0. The highest BCUT2D eigenvalue weighted by molar-refractivity contribution is 4.80. The zero-order valence-corrected chi connectivity index (χ0v) is 11.4. The van der Waals surface area contributed by atoms with Crippen molar-refractivity contribution in [3.05, 3.63) is 0 Å². The predicted octanol–water partition coefficient (Wildman–Crippen LogP) is 3.49. The van der Waals surface area contributed by atoms with Crippen LogP contribution in [0.4, 0.5) is 0 Å². The predicted molar refractivity (Wildman–Crippen MR) is 71.9 cm³/mol. The first kappa shape index (κ1) is 13.4. The Balaban J connectivity index is 1.67. The smallest absolute Gasteiger partial charge is 0.0575 e. The van der Waals surface area contributed by atoms with Gasteiger partial charge in [-0.25, -0.2) is 0 Å². The quantitative estimate of drug-likeness (QED) is 0.815. The van der Waals surface area contributed by atoms with Crippen molar-refractivity contribution < 1.29 is 4.74 Å². The summed E-state index contributed by atoms with van der Waals surface area (Å²) >= 11 is 0. The van der Waals surface area contributed by atoms with Gasteiger partial charge in [-0.05, 0) is 56.8 Å². The molecule has 0 aromatic heterocycles. The Bertz CT molecular complexity index is 213. The molecule has 4 atom stereocenters. The molecule has 17 heavy (non-hydrogen) atoms. The summed E-state index contributed by atoms with van der Waals surface area (Å²) in [6, 6.07) is 0.420. The molecular formula is C15H29NO. The number of hydrogen-bond acceptors (Lipinski definition) is 2. The molecule has 2 rings (SSSR count). The van der Waals surface area contributed by atoms with E-state index in [2.05, 4.69) is 6.92 Å². The summed E-state index contributed by atoms with van der Waals surface area (Å²) in [6.45, 7) is 3.35. The van der Waals surface area contributed by atoms with Crippen LogP contribution in [0.2, 0.25) is 0 Å². The van der Waals surface area contributed by atoms with Crippen LogP contribution in [0.1, 0.15) is 64.7 Å². The van der Waals surface area contributed by atoms with Crippen LogP contribution in [0.25, 0.3) is 0 Å². The first-order valence-corrected chi connectivity index (χ1v) is 7.63. The van der Waals surface area contributed by atoms with Crippen molar-refractivity contribution in [2.45, 2.75) is 76.9 Å². The Kier molecular flexibility index (Phi) is 5.30. The second-order valence-corrected chi connectivity index (χ2v) is 6.26. The highest BCUT2D eigenvalue weighted by Gasteiger charge is 2.25. The van der Waals surface area contributed by atoms with Crippen molar-refractivity contribution in [1.29, 1.82) is 0 Å². The Hall–Kier alpha value is -0.0800. The lowest BCUT2D eigenvalue weighted by molar-refractivity contribution is 0.00773. The summed E-state index contributed by atoms with van der Waals surface area (Å²) in [4.78, 5) is 0. The average Bonchev–Trinajstić information content (AvgIpc) is 2.37. The van der Waals surface area contributed by atoms with E-state index < -0.39 is 0 Å². The SMILES string of the molecule is CC1CCCC(C(N)CCC2CCCCO2)C1. The molecule has 100 valence electrons. The second kappa shape index (κ2) is 6.75. The van der Waals surface area contributed by atoms with Crippen LogP contribution in [0.15, 0.2) is 0 Å². The molecule has 2 heteroatoms. The minimum Gasteiger partial charge on any atom is -0.378 e. The van der Waals surface area contributed by atoms with Gasteiger partial charge in [0.15, 0.2) is 0 Å². The van der Waals surface area contributed by atoms with E-state index in [-0.39, 0.29) is 0 Å². The van der Waals surface area contributed by atoms with Crippen LogP contribution in [-0.4, -0.2) is 18.8 Å². The van der Waals surface area contributed by atoms with E-state index in [1.807, 2.05) is 0 Å². The van der Waals surface area contributed by atoms with E-state index in [1.165, 1.54) is 57.8 Å². The number of nitrogens with two attached hydrogens (primary N) is 1. The second-order valence-electron chi connectivity index (χ2n) is 6.26. The molecule has 0 spiro atoms. The molecule has 4 unspecified atom stereocenters. The standard InChI is InChI=1S/C15H29NO/c1-12-5-4-6-13(11-12)15(16)9-8-14-7-2-3-10-17-14/h12-15H,2-11,16H2,1H3. The van der Waals surface area contributed by atoms with Gasteiger partial charge in [0.1, 0.15) is 0 Å². The lowest BCUT2D eigenvalue weighted by Crippen LogP contribution is -2.34. The van der Waals surface area contributed by atoms with Crippen LogP contribution in [-0.2, 0) is 4.74 Å². The van der Waals surface area contributed by atoms with Gasteiger partial charge in [-0.15, -0.1) is 0 Å². The minimum absolute atomic E-state index is 0.420. The normalized spacial score (nSPS) is 36.7. The average molecular weight is 239 g/mol. The molecule has 2 aliphatic rings. The summed E-state index contributed by atoms with van der Waals surface area (Å²) < 4.78 is 5.78. The fourth-order valence-electron chi connectivity index (χ4n) is 3.52. The summed E-state index contributed by atoms with van der Waals surface area (Å²) in [6.07, 6.45) is 12.2. The third-order valence-electron chi connectivity index (χ3n) is 4.68. The fraction of sp³-hybridized carbons (Fsp3) is 1.00. The molecule has 1 saturated heterocycles. The van der Waals surface area contributed by atoms with Gasteiger partial charge >= 0.3 is 0 Å². The van der Waals surface area contributed by atoms with Gasteiger partial charge in [0.2, 0.25) is 0 Å². The summed E-state index contributed by atoms with van der Waals surface area (Å²) in [5.74, 6) is 1.67. The zero-order valence-electron chi connectivity index (χ0n) is 11.4. The van der Waals surface area contributed by atoms with Gasteiger partial charge in [-0.2, -0.15) is 0 Å². The van der Waals surface area contributed by atoms with Gasteiger partial charge in [0.25, 0.3) is 0 Å². The minimum atomic E-state index is 0.420. The molecule has 1 heterocycles. The van der Waals surface area contributed by atoms with Crippen molar-refractivity contribution in [1.82, 2.24) is 0 Å². The van der Waals surface area contributed by atoms with Gasteiger partial charge in [0, 0.05) is 12.6 Å². The van der Waals surface area contributed by atoms with Crippen LogP contribution in [0, 0.1) is 11.8 Å². The molecule has 2 N–H and O–H groups in total. The fourth-order valence-corrected chi connectivity index (χ4v) is 3.52. The molecule has 0 amide bonds. The maximum Gasteiger partial charge on any atom is 0.0575 e. The molecule has 0 aromatic carbocycles. The van der Waals surface area contributed by atoms with Crippen molar-refractivity contribution in [3.8, 4) is 0 Å². The van der Waals surface area contributed by atoms with E-state index in [4.69, 9.17) is 10.5 Å². The molecule has 1 aliphatic carbocycles. The van der Waals surface area contributed by atoms with Crippen LogP contribution in [0.5, 0.6) is 0 Å². The number of hydrogen-bond donors (Lipinski definition) is 1. The highest BCUT2D eigenvalue weighted by Crippen LogP contribution is 2.32. The van der Waals surface area contributed by atoms with Crippen LogP contribution < -0.4 is 5.73 Å². The van der Waals surface area contributed by atoms with Gasteiger partial charge < -0.3 is 10.5 Å². The van der Waals surface area contributed by atoms with Crippen molar-refractivity contribution in [3.63, 3.8) is 0 Å². The van der Waals surface area contributed by atoms with E-state index in [0.717, 1.165) is 18.4 Å². The highest BCUT2D eigenvalue weighted by atomic mass is 16.5. The summed E-state index contributed by atoms with van der Waals surface area (Å²) in [5, 5.41) is 0. The monoisotopic (exact) mass is 239 g/mol. The molecule has 2 fully saturated rings. The number of ether oxygens (including phenoxy) is 1. The Morgan fingerprint density at radius 1 is 1.18 bits per heavy atom. The van der Waals surface area contributed by atoms with Gasteiger partial charge in [-0.3, -0.25) is 0 Å². The maximum absolute atomic E-state index is 6.37. The van der Waals surface area contributed by atoms with Crippen molar-refractivity contribution in [2.75, 3.05) is 6.61 Å². The molecular weight excluding hydrogens is 210 g/mol. The first-order valence-electron chi connectivity index (χ1n) is 7.63. The van der Waals surface area contributed by atoms with E-state index in [9.17, 15) is 0 Å². The van der Waals surface area contributed by atoms with E-state index in [0.29, 0.717) is 12.1 Å². The Labute approximate surface area is 106 Å². The topological polar surface area (TPSA) is 35.2 Å². The molecule has 1 saturated carbocycles. The van der Waals surface area contributed by atoms with Crippen LogP contribution in [0.3, 0.4) is 0 Å². The van der Waals surface area contributed by atoms with Gasteiger partial charge in [-0.1, -0.05) is 19.8 Å². The first-order chi connectivity index (χ1) is 8.25. The van der Waals surface area contributed by atoms with Crippen LogP contribution >= 0.6 is 0 Å². The molecule has 0 radical (unpaired) electrons. The molecule has 0 aromatic rings. The molecule has 2 nitrogen and oxygen atoms in total. The lowest BCUT2D eigenvalue weighted by Gasteiger charge is -2.32. The number of rotatable bonds is 4. The maximum atomic E-state index is 6.37.